The summed E-state index contributed by atoms with van der Waals surface area (Å²) in [6, 6.07) is 0. The number of nitrogens with two attached hydrogens (primary N) is 1. The zero-order chi connectivity index (χ0) is 12.3. The Kier molecular flexibility index (Phi) is 4.43. The average Bonchev–Trinajstić information content (AvgIpc) is 2.87. The van der Waals surface area contributed by atoms with E-state index in [4.69, 9.17) is 5.73 Å². The van der Waals surface area contributed by atoms with Gasteiger partial charge in [-0.3, -0.25) is 4.79 Å². The maximum absolute atomic E-state index is 12.3. The van der Waals surface area contributed by atoms with Crippen molar-refractivity contribution < 1.29 is 4.79 Å². The fourth-order valence-electron chi connectivity index (χ4n) is 3.30. The molecule has 2 fully saturated rings. The largest absolute Gasteiger partial charge is 0.342 e. The van der Waals surface area contributed by atoms with Crippen LogP contribution >= 0.6 is 0 Å². The van der Waals surface area contributed by atoms with E-state index in [9.17, 15) is 4.79 Å². The molecule has 0 radical (unpaired) electrons. The molecule has 0 aromatic heterocycles. The lowest BCUT2D eigenvalue weighted by atomic mass is 9.80. The lowest BCUT2D eigenvalue weighted by Gasteiger charge is -2.30. The Morgan fingerprint density at radius 3 is 2.41 bits per heavy atom. The molecule has 1 unspecified atom stereocenters. The standard InChI is InChI=1S/C14H26N2O/c1-2-11-3-5-13(6-4-11)14(17)16-8-7-12(9-15)10-16/h11-13H,2-10,15H2,1H3. The van der Waals surface area contributed by atoms with Gasteiger partial charge in [-0.05, 0) is 50.5 Å². The summed E-state index contributed by atoms with van der Waals surface area (Å²) in [4.78, 5) is 14.4. The number of amides is 1. The maximum Gasteiger partial charge on any atom is 0.225 e. The van der Waals surface area contributed by atoms with Crippen LogP contribution < -0.4 is 5.73 Å². The fraction of sp³-hybridized carbons (Fsp3) is 0.929. The maximum atomic E-state index is 12.3. The van der Waals surface area contributed by atoms with E-state index in [-0.39, 0.29) is 0 Å². The Hall–Kier alpha value is -0.570. The Bertz CT molecular complexity index is 259. The molecule has 98 valence electrons. The number of hydrogen-bond acceptors (Lipinski definition) is 2. The molecule has 1 aliphatic carbocycles. The number of carbonyl (C=O) groups is 1. The SMILES string of the molecule is CCC1CCC(C(=O)N2CCC(CN)C2)CC1. The summed E-state index contributed by atoms with van der Waals surface area (Å²) in [7, 11) is 0. The minimum absolute atomic E-state index is 0.314. The van der Waals surface area contributed by atoms with E-state index in [2.05, 4.69) is 11.8 Å². The van der Waals surface area contributed by atoms with E-state index in [1.807, 2.05) is 0 Å². The van der Waals surface area contributed by atoms with E-state index in [0.29, 0.717) is 17.7 Å². The molecule has 1 aliphatic heterocycles. The molecule has 1 amide bonds. The van der Waals surface area contributed by atoms with Gasteiger partial charge in [-0.15, -0.1) is 0 Å². The first-order chi connectivity index (χ1) is 8.24. The predicted molar refractivity (Wildman–Crippen MR) is 69.5 cm³/mol. The third-order valence-corrected chi connectivity index (χ3v) is 4.70. The highest BCUT2D eigenvalue weighted by molar-refractivity contribution is 5.79. The first-order valence-electron chi connectivity index (χ1n) is 7.23. The molecule has 17 heavy (non-hydrogen) atoms. The normalized spacial score (nSPS) is 34.0. The van der Waals surface area contributed by atoms with Gasteiger partial charge in [0.1, 0.15) is 0 Å². The molecule has 0 spiro atoms. The van der Waals surface area contributed by atoms with E-state index in [0.717, 1.165) is 44.8 Å². The Morgan fingerprint density at radius 1 is 1.18 bits per heavy atom. The minimum Gasteiger partial charge on any atom is -0.342 e. The summed E-state index contributed by atoms with van der Waals surface area (Å²) in [5, 5.41) is 0. The topological polar surface area (TPSA) is 46.3 Å². The average molecular weight is 238 g/mol. The molecule has 2 aliphatic rings. The molecule has 0 aromatic carbocycles. The van der Waals surface area contributed by atoms with Crippen molar-refractivity contribution >= 4 is 5.91 Å². The third-order valence-electron chi connectivity index (χ3n) is 4.70. The molecule has 2 rings (SSSR count). The molecular weight excluding hydrogens is 212 g/mol. The van der Waals surface area contributed by atoms with E-state index in [1.165, 1.54) is 19.3 Å². The van der Waals surface area contributed by atoms with Gasteiger partial charge in [0.25, 0.3) is 0 Å². The summed E-state index contributed by atoms with van der Waals surface area (Å²) < 4.78 is 0. The third kappa shape index (κ3) is 3.01. The highest BCUT2D eigenvalue weighted by Crippen LogP contribution is 2.32. The first-order valence-corrected chi connectivity index (χ1v) is 7.23. The molecular formula is C14H26N2O. The van der Waals surface area contributed by atoms with Crippen LogP contribution in [0.2, 0.25) is 0 Å². The van der Waals surface area contributed by atoms with Crippen molar-refractivity contribution in [3.05, 3.63) is 0 Å². The van der Waals surface area contributed by atoms with Crippen LogP contribution in [0.15, 0.2) is 0 Å². The van der Waals surface area contributed by atoms with Crippen LogP contribution in [-0.4, -0.2) is 30.4 Å². The van der Waals surface area contributed by atoms with Gasteiger partial charge in [-0.2, -0.15) is 0 Å². The quantitative estimate of drug-likeness (QED) is 0.817. The van der Waals surface area contributed by atoms with E-state index >= 15 is 0 Å². The highest BCUT2D eigenvalue weighted by Gasteiger charge is 2.32. The van der Waals surface area contributed by atoms with Crippen LogP contribution in [-0.2, 0) is 4.79 Å². The van der Waals surface area contributed by atoms with Gasteiger partial charge in [0.15, 0.2) is 0 Å². The molecule has 0 aromatic rings. The van der Waals surface area contributed by atoms with E-state index < -0.39 is 0 Å². The Labute approximate surface area is 105 Å². The second kappa shape index (κ2) is 5.85. The van der Waals surface area contributed by atoms with Crippen LogP contribution in [0, 0.1) is 17.8 Å². The predicted octanol–water partition coefficient (Wildman–Crippen LogP) is 2.01. The number of rotatable bonds is 3. The zero-order valence-electron chi connectivity index (χ0n) is 11.0. The van der Waals surface area contributed by atoms with Crippen molar-refractivity contribution in [1.82, 2.24) is 4.90 Å². The summed E-state index contributed by atoms with van der Waals surface area (Å²) in [5.74, 6) is 2.14. The molecule has 1 saturated carbocycles. The summed E-state index contributed by atoms with van der Waals surface area (Å²) >= 11 is 0. The Balaban J connectivity index is 1.81. The van der Waals surface area contributed by atoms with Crippen LogP contribution in [0.25, 0.3) is 0 Å². The first kappa shape index (κ1) is 12.9. The van der Waals surface area contributed by atoms with Gasteiger partial charge >= 0.3 is 0 Å². The van der Waals surface area contributed by atoms with Crippen molar-refractivity contribution in [1.29, 1.82) is 0 Å². The van der Waals surface area contributed by atoms with Gasteiger partial charge in [0, 0.05) is 19.0 Å². The van der Waals surface area contributed by atoms with Gasteiger partial charge in [0.05, 0.1) is 0 Å². The number of likely N-dealkylation sites (tertiary alicyclic amines) is 1. The summed E-state index contributed by atoms with van der Waals surface area (Å²) in [5.41, 5.74) is 5.67. The summed E-state index contributed by atoms with van der Waals surface area (Å²) in [6.07, 6.45) is 7.11. The zero-order valence-corrected chi connectivity index (χ0v) is 11.0. The van der Waals surface area contributed by atoms with Gasteiger partial charge in [0.2, 0.25) is 5.91 Å². The van der Waals surface area contributed by atoms with Crippen LogP contribution in [0.5, 0.6) is 0 Å². The fourth-order valence-corrected chi connectivity index (χ4v) is 3.30. The van der Waals surface area contributed by atoms with Crippen molar-refractivity contribution in [2.24, 2.45) is 23.5 Å². The lowest BCUT2D eigenvalue weighted by Crippen LogP contribution is -2.36. The molecule has 2 N–H and O–H groups in total. The lowest BCUT2D eigenvalue weighted by molar-refractivity contribution is -0.135. The monoisotopic (exact) mass is 238 g/mol. The van der Waals surface area contributed by atoms with Crippen molar-refractivity contribution in [2.75, 3.05) is 19.6 Å². The molecule has 0 bridgehead atoms. The second-order valence-corrected chi connectivity index (χ2v) is 5.80. The van der Waals surface area contributed by atoms with Crippen molar-refractivity contribution in [3.8, 4) is 0 Å². The van der Waals surface area contributed by atoms with Gasteiger partial charge in [-0.1, -0.05) is 13.3 Å². The molecule has 3 nitrogen and oxygen atoms in total. The van der Waals surface area contributed by atoms with Crippen LogP contribution in [0.1, 0.15) is 45.4 Å². The number of hydrogen-bond donors (Lipinski definition) is 1. The smallest absolute Gasteiger partial charge is 0.225 e. The molecule has 3 heteroatoms. The van der Waals surface area contributed by atoms with Crippen LogP contribution in [0.3, 0.4) is 0 Å². The number of carbonyl (C=O) groups excluding carboxylic acids is 1. The van der Waals surface area contributed by atoms with Crippen molar-refractivity contribution in [2.45, 2.75) is 45.4 Å². The minimum atomic E-state index is 0.314. The molecule has 1 heterocycles. The van der Waals surface area contributed by atoms with Crippen molar-refractivity contribution in [3.63, 3.8) is 0 Å². The second-order valence-electron chi connectivity index (χ2n) is 5.80. The van der Waals surface area contributed by atoms with Gasteiger partial charge < -0.3 is 10.6 Å². The highest BCUT2D eigenvalue weighted by atomic mass is 16.2. The van der Waals surface area contributed by atoms with Crippen LogP contribution in [0.4, 0.5) is 0 Å². The molecule has 1 saturated heterocycles. The van der Waals surface area contributed by atoms with E-state index in [1.54, 1.807) is 0 Å². The summed E-state index contributed by atoms with van der Waals surface area (Å²) in [6.45, 7) is 4.84. The number of nitrogens with zero attached hydrogens (tertiary/aromatic N) is 1. The van der Waals surface area contributed by atoms with Gasteiger partial charge in [-0.25, -0.2) is 0 Å². The Morgan fingerprint density at radius 2 is 1.88 bits per heavy atom. The molecule has 1 atom stereocenters.